The van der Waals surface area contributed by atoms with Crippen molar-refractivity contribution in [3.8, 4) is 11.5 Å². The van der Waals surface area contributed by atoms with Gasteiger partial charge in [0.05, 0.1) is 19.9 Å². The summed E-state index contributed by atoms with van der Waals surface area (Å²) in [5.74, 6) is 1.44. The highest BCUT2D eigenvalue weighted by molar-refractivity contribution is 6.31. The molecule has 5 nitrogen and oxygen atoms in total. The highest BCUT2D eigenvalue weighted by Gasteiger charge is 2.17. The van der Waals surface area contributed by atoms with Gasteiger partial charge in [-0.05, 0) is 36.8 Å². The Labute approximate surface area is 166 Å². The molecule has 27 heavy (non-hydrogen) atoms. The predicted molar refractivity (Wildman–Crippen MR) is 110 cm³/mol. The molecule has 0 aliphatic carbocycles. The van der Waals surface area contributed by atoms with Crippen LogP contribution in [0.5, 0.6) is 11.5 Å². The van der Waals surface area contributed by atoms with Crippen LogP contribution in [0.3, 0.4) is 0 Å². The molecule has 1 heterocycles. The van der Waals surface area contributed by atoms with E-state index in [4.69, 9.17) is 26.2 Å². The van der Waals surface area contributed by atoms with Crippen molar-refractivity contribution < 1.29 is 9.47 Å². The van der Waals surface area contributed by atoms with Gasteiger partial charge in [-0.2, -0.15) is 5.10 Å². The standard InChI is InChI=1S/C21H26ClN3O2/c1-16(17-8-9-20(26-2)21(14-17)27-3)23-25-12-10-24(11-13-25)15-18-6-4-5-7-19(18)22/h4-9,14H,10-13,15H2,1-3H3/b23-16-. The Kier molecular flexibility index (Phi) is 6.58. The summed E-state index contributed by atoms with van der Waals surface area (Å²) in [5.41, 5.74) is 3.18. The molecule has 144 valence electrons. The fraction of sp³-hybridized carbons (Fsp3) is 0.381. The minimum Gasteiger partial charge on any atom is -0.493 e. The second kappa shape index (κ2) is 9.11. The van der Waals surface area contributed by atoms with Gasteiger partial charge >= 0.3 is 0 Å². The summed E-state index contributed by atoms with van der Waals surface area (Å²) in [4.78, 5) is 2.42. The van der Waals surface area contributed by atoms with E-state index in [2.05, 4.69) is 16.0 Å². The number of benzene rings is 2. The lowest BCUT2D eigenvalue weighted by atomic mass is 10.1. The maximum Gasteiger partial charge on any atom is 0.161 e. The van der Waals surface area contributed by atoms with E-state index >= 15 is 0 Å². The van der Waals surface area contributed by atoms with Gasteiger partial charge in [0.15, 0.2) is 11.5 Å². The molecule has 0 aromatic heterocycles. The highest BCUT2D eigenvalue weighted by atomic mass is 35.5. The van der Waals surface area contributed by atoms with E-state index < -0.39 is 0 Å². The lowest BCUT2D eigenvalue weighted by Gasteiger charge is -2.33. The summed E-state index contributed by atoms with van der Waals surface area (Å²) in [7, 11) is 3.28. The lowest BCUT2D eigenvalue weighted by molar-refractivity contribution is 0.130. The molecular weight excluding hydrogens is 362 g/mol. The van der Waals surface area contributed by atoms with Gasteiger partial charge in [0.2, 0.25) is 0 Å². The van der Waals surface area contributed by atoms with Gasteiger partial charge in [-0.15, -0.1) is 0 Å². The van der Waals surface area contributed by atoms with Crippen LogP contribution in [0.15, 0.2) is 47.6 Å². The Bertz CT molecular complexity index is 802. The van der Waals surface area contributed by atoms with Crippen molar-refractivity contribution in [1.29, 1.82) is 0 Å². The largest absolute Gasteiger partial charge is 0.493 e. The second-order valence-electron chi connectivity index (χ2n) is 6.58. The second-order valence-corrected chi connectivity index (χ2v) is 6.98. The van der Waals surface area contributed by atoms with Gasteiger partial charge in [0.1, 0.15) is 0 Å². The molecule has 2 aromatic carbocycles. The first kappa shape index (κ1) is 19.5. The number of ether oxygens (including phenoxy) is 2. The van der Waals surface area contributed by atoms with E-state index in [9.17, 15) is 0 Å². The van der Waals surface area contributed by atoms with Gasteiger partial charge in [0, 0.05) is 43.3 Å². The van der Waals surface area contributed by atoms with Gasteiger partial charge in [-0.1, -0.05) is 29.8 Å². The highest BCUT2D eigenvalue weighted by Crippen LogP contribution is 2.28. The van der Waals surface area contributed by atoms with Crippen LogP contribution in [0.25, 0.3) is 0 Å². The molecule has 0 amide bonds. The van der Waals surface area contributed by atoms with E-state index in [0.717, 1.165) is 54.8 Å². The van der Waals surface area contributed by atoms with Crippen molar-refractivity contribution in [2.24, 2.45) is 5.10 Å². The maximum absolute atomic E-state index is 6.28. The Morgan fingerprint density at radius 3 is 2.37 bits per heavy atom. The topological polar surface area (TPSA) is 37.3 Å². The van der Waals surface area contributed by atoms with Crippen molar-refractivity contribution in [2.75, 3.05) is 40.4 Å². The van der Waals surface area contributed by atoms with Gasteiger partial charge < -0.3 is 9.47 Å². The molecular formula is C21H26ClN3O2. The Morgan fingerprint density at radius 1 is 1.00 bits per heavy atom. The van der Waals surface area contributed by atoms with Crippen LogP contribution in [-0.2, 0) is 6.54 Å². The summed E-state index contributed by atoms with van der Waals surface area (Å²) in [6.45, 7) is 6.63. The van der Waals surface area contributed by atoms with E-state index in [1.807, 2.05) is 43.3 Å². The monoisotopic (exact) mass is 387 g/mol. The molecule has 0 saturated carbocycles. The van der Waals surface area contributed by atoms with Gasteiger partial charge in [-0.25, -0.2) is 0 Å². The number of piperazine rings is 1. The normalized spacial score (nSPS) is 15.7. The first-order chi connectivity index (χ1) is 13.1. The average molecular weight is 388 g/mol. The smallest absolute Gasteiger partial charge is 0.161 e. The Balaban J connectivity index is 1.60. The quantitative estimate of drug-likeness (QED) is 0.704. The molecule has 1 saturated heterocycles. The number of rotatable bonds is 6. The molecule has 0 atom stereocenters. The zero-order chi connectivity index (χ0) is 19.2. The van der Waals surface area contributed by atoms with Crippen molar-refractivity contribution >= 4 is 17.3 Å². The SMILES string of the molecule is COc1ccc(/C(C)=N\N2CCN(Cc3ccccc3Cl)CC2)cc1OC. The molecule has 1 aliphatic rings. The molecule has 0 radical (unpaired) electrons. The van der Waals surface area contributed by atoms with Crippen LogP contribution in [0.2, 0.25) is 5.02 Å². The zero-order valence-electron chi connectivity index (χ0n) is 16.1. The van der Waals surface area contributed by atoms with E-state index in [0.29, 0.717) is 5.75 Å². The molecule has 1 aliphatic heterocycles. The van der Waals surface area contributed by atoms with Crippen LogP contribution in [0.1, 0.15) is 18.1 Å². The Morgan fingerprint density at radius 2 is 1.70 bits per heavy atom. The number of nitrogens with zero attached hydrogens (tertiary/aromatic N) is 3. The molecule has 2 aromatic rings. The summed E-state index contributed by atoms with van der Waals surface area (Å²) < 4.78 is 10.7. The number of hydrazone groups is 1. The summed E-state index contributed by atoms with van der Waals surface area (Å²) in [6, 6.07) is 13.9. The third kappa shape index (κ3) is 4.93. The van der Waals surface area contributed by atoms with Crippen molar-refractivity contribution in [2.45, 2.75) is 13.5 Å². The van der Waals surface area contributed by atoms with Crippen LogP contribution in [0.4, 0.5) is 0 Å². The summed E-state index contributed by atoms with van der Waals surface area (Å²) in [5, 5.41) is 7.77. The van der Waals surface area contributed by atoms with Gasteiger partial charge in [-0.3, -0.25) is 9.91 Å². The molecule has 0 bridgehead atoms. The molecule has 6 heteroatoms. The molecule has 0 spiro atoms. The van der Waals surface area contributed by atoms with Crippen molar-refractivity contribution in [3.63, 3.8) is 0 Å². The number of hydrogen-bond acceptors (Lipinski definition) is 5. The minimum atomic E-state index is 0.717. The average Bonchev–Trinajstić information content (AvgIpc) is 2.70. The third-order valence-electron chi connectivity index (χ3n) is 4.79. The predicted octanol–water partition coefficient (Wildman–Crippen LogP) is 3.90. The van der Waals surface area contributed by atoms with Crippen LogP contribution in [0, 0.1) is 0 Å². The van der Waals surface area contributed by atoms with Crippen molar-refractivity contribution in [3.05, 3.63) is 58.6 Å². The lowest BCUT2D eigenvalue weighted by Crippen LogP contribution is -2.43. The minimum absolute atomic E-state index is 0.717. The summed E-state index contributed by atoms with van der Waals surface area (Å²) in [6.07, 6.45) is 0. The summed E-state index contributed by atoms with van der Waals surface area (Å²) >= 11 is 6.28. The van der Waals surface area contributed by atoms with Gasteiger partial charge in [0.25, 0.3) is 0 Å². The fourth-order valence-corrected chi connectivity index (χ4v) is 3.39. The Hall–Kier alpha value is -2.24. The molecule has 0 N–H and O–H groups in total. The van der Waals surface area contributed by atoms with Crippen LogP contribution < -0.4 is 9.47 Å². The fourth-order valence-electron chi connectivity index (χ4n) is 3.19. The molecule has 3 rings (SSSR count). The first-order valence-corrected chi connectivity index (χ1v) is 9.47. The number of methoxy groups -OCH3 is 2. The van der Waals surface area contributed by atoms with Crippen LogP contribution in [-0.4, -0.2) is 56.0 Å². The van der Waals surface area contributed by atoms with E-state index in [1.165, 1.54) is 5.56 Å². The number of halogens is 1. The van der Waals surface area contributed by atoms with E-state index in [1.54, 1.807) is 14.2 Å². The molecule has 1 fully saturated rings. The van der Waals surface area contributed by atoms with Crippen molar-refractivity contribution in [1.82, 2.24) is 9.91 Å². The zero-order valence-corrected chi connectivity index (χ0v) is 16.9. The maximum atomic E-state index is 6.28. The number of hydrogen-bond donors (Lipinski definition) is 0. The third-order valence-corrected chi connectivity index (χ3v) is 5.16. The van der Waals surface area contributed by atoms with Crippen LogP contribution >= 0.6 is 11.6 Å². The van der Waals surface area contributed by atoms with E-state index in [-0.39, 0.29) is 0 Å². The first-order valence-electron chi connectivity index (χ1n) is 9.09. The molecule has 0 unspecified atom stereocenters.